The van der Waals surface area contributed by atoms with Crippen molar-refractivity contribution in [1.29, 1.82) is 0 Å². The lowest BCUT2D eigenvalue weighted by atomic mass is 9.76. The molecule has 0 spiro atoms. The van der Waals surface area contributed by atoms with E-state index in [-0.39, 0.29) is 11.7 Å². The number of carbonyl (C=O) groups excluding carboxylic acids is 1. The van der Waals surface area contributed by atoms with E-state index in [0.29, 0.717) is 5.92 Å². The average molecular weight is 309 g/mol. The summed E-state index contributed by atoms with van der Waals surface area (Å²) in [7, 11) is 1.64. The molecule has 1 unspecified atom stereocenters. The fourth-order valence-corrected chi connectivity index (χ4v) is 3.41. The van der Waals surface area contributed by atoms with E-state index in [2.05, 4.69) is 17.4 Å². The molecule has 3 heteroatoms. The number of nitrogens with one attached hydrogen (secondary N) is 1. The Hall–Kier alpha value is -2.13. The number of hydrogen-bond acceptors (Lipinski definition) is 3. The highest BCUT2D eigenvalue weighted by atomic mass is 16.5. The highest BCUT2D eigenvalue weighted by Gasteiger charge is 2.31. The van der Waals surface area contributed by atoms with Crippen LogP contribution in [0.2, 0.25) is 0 Å². The molecule has 0 amide bonds. The molecule has 0 saturated carbocycles. The van der Waals surface area contributed by atoms with Gasteiger partial charge in [-0.05, 0) is 61.7 Å². The van der Waals surface area contributed by atoms with Gasteiger partial charge in [0.25, 0.3) is 0 Å². The van der Waals surface area contributed by atoms with Crippen LogP contribution in [0, 0.1) is 5.92 Å². The molecule has 0 aromatic heterocycles. The lowest BCUT2D eigenvalue weighted by molar-refractivity contribution is 0.0916. The van der Waals surface area contributed by atoms with Crippen molar-refractivity contribution in [3.05, 3.63) is 65.7 Å². The first-order chi connectivity index (χ1) is 11.3. The van der Waals surface area contributed by atoms with E-state index in [4.69, 9.17) is 4.74 Å². The normalized spacial score (nSPS) is 16.7. The van der Waals surface area contributed by atoms with E-state index >= 15 is 0 Å². The van der Waals surface area contributed by atoms with Crippen LogP contribution in [0.25, 0.3) is 0 Å². The second kappa shape index (κ2) is 7.42. The zero-order valence-electron chi connectivity index (χ0n) is 13.5. The molecule has 3 nitrogen and oxygen atoms in total. The summed E-state index contributed by atoms with van der Waals surface area (Å²) in [5.41, 5.74) is 1.89. The Labute approximate surface area is 137 Å². The van der Waals surface area contributed by atoms with Crippen LogP contribution in [0.4, 0.5) is 0 Å². The maximum Gasteiger partial charge on any atom is 0.170 e. The number of methoxy groups -OCH3 is 1. The van der Waals surface area contributed by atoms with Gasteiger partial charge in [-0.25, -0.2) is 0 Å². The van der Waals surface area contributed by atoms with Gasteiger partial charge < -0.3 is 10.1 Å². The average Bonchev–Trinajstić information content (AvgIpc) is 2.64. The largest absolute Gasteiger partial charge is 0.497 e. The molecule has 0 bridgehead atoms. The zero-order valence-corrected chi connectivity index (χ0v) is 13.5. The molecule has 1 heterocycles. The van der Waals surface area contributed by atoms with Crippen LogP contribution >= 0.6 is 0 Å². The Morgan fingerprint density at radius 2 is 1.70 bits per heavy atom. The van der Waals surface area contributed by atoms with Crippen molar-refractivity contribution in [3.63, 3.8) is 0 Å². The first kappa shape index (κ1) is 15.8. The number of hydrogen-bond donors (Lipinski definition) is 1. The number of ether oxygens (including phenoxy) is 1. The molecule has 0 aliphatic carbocycles. The third-order valence-corrected chi connectivity index (χ3v) is 4.67. The minimum Gasteiger partial charge on any atom is -0.497 e. The molecule has 1 atom stereocenters. The van der Waals surface area contributed by atoms with Gasteiger partial charge in [-0.3, -0.25) is 4.79 Å². The van der Waals surface area contributed by atoms with E-state index in [1.165, 1.54) is 0 Å². The van der Waals surface area contributed by atoms with E-state index in [1.54, 1.807) is 7.11 Å². The van der Waals surface area contributed by atoms with Crippen LogP contribution in [0.15, 0.2) is 54.6 Å². The Balaban J connectivity index is 1.91. The summed E-state index contributed by atoms with van der Waals surface area (Å²) in [6, 6.07) is 17.7. The molecule has 2 aromatic carbocycles. The molecule has 1 saturated heterocycles. The summed E-state index contributed by atoms with van der Waals surface area (Å²) in [5.74, 6) is 1.32. The van der Waals surface area contributed by atoms with Crippen LogP contribution in [-0.4, -0.2) is 26.0 Å². The fraction of sp³-hybridized carbons (Fsp3) is 0.350. The van der Waals surface area contributed by atoms with Crippen LogP contribution in [0.1, 0.15) is 34.7 Å². The van der Waals surface area contributed by atoms with Crippen molar-refractivity contribution >= 4 is 5.78 Å². The van der Waals surface area contributed by atoms with Crippen molar-refractivity contribution in [3.8, 4) is 5.75 Å². The van der Waals surface area contributed by atoms with Crippen LogP contribution in [0.3, 0.4) is 0 Å². The van der Waals surface area contributed by atoms with Gasteiger partial charge in [0.05, 0.1) is 13.0 Å². The van der Waals surface area contributed by atoms with Crippen molar-refractivity contribution in [2.45, 2.75) is 18.8 Å². The van der Waals surface area contributed by atoms with Crippen molar-refractivity contribution < 1.29 is 9.53 Å². The van der Waals surface area contributed by atoms with Crippen molar-refractivity contribution in [2.75, 3.05) is 20.2 Å². The molecule has 23 heavy (non-hydrogen) atoms. The standard InChI is InChI=1S/C20H23NO2/c1-23-18-9-7-17(8-10-18)20(22)19(15-5-3-2-4-6-15)16-11-13-21-14-12-16/h2-10,16,19,21H,11-14H2,1H3. The van der Waals surface area contributed by atoms with Crippen molar-refractivity contribution in [2.24, 2.45) is 5.92 Å². The third-order valence-electron chi connectivity index (χ3n) is 4.67. The summed E-state index contributed by atoms with van der Waals surface area (Å²) in [6.07, 6.45) is 2.09. The number of rotatable bonds is 5. The summed E-state index contributed by atoms with van der Waals surface area (Å²) < 4.78 is 5.19. The van der Waals surface area contributed by atoms with Crippen LogP contribution in [0.5, 0.6) is 5.75 Å². The molecule has 3 rings (SSSR count). The predicted octanol–water partition coefficient (Wildman–Crippen LogP) is 3.66. The van der Waals surface area contributed by atoms with Gasteiger partial charge in [-0.2, -0.15) is 0 Å². The molecule has 1 fully saturated rings. The first-order valence-corrected chi connectivity index (χ1v) is 8.23. The summed E-state index contributed by atoms with van der Waals surface area (Å²) in [5, 5.41) is 3.39. The lowest BCUT2D eigenvalue weighted by Gasteiger charge is -2.30. The molecule has 120 valence electrons. The third kappa shape index (κ3) is 3.62. The molecule has 1 aliphatic heterocycles. The zero-order chi connectivity index (χ0) is 16.1. The van der Waals surface area contributed by atoms with E-state index in [1.807, 2.05) is 42.5 Å². The molecule has 1 N–H and O–H groups in total. The van der Waals surface area contributed by atoms with Gasteiger partial charge in [0, 0.05) is 5.56 Å². The van der Waals surface area contributed by atoms with Gasteiger partial charge in [0.2, 0.25) is 0 Å². The number of benzene rings is 2. The molecule has 1 aliphatic rings. The Bertz CT molecular complexity index is 630. The Kier molecular flexibility index (Phi) is 5.09. The highest BCUT2D eigenvalue weighted by Crippen LogP contribution is 2.34. The second-order valence-corrected chi connectivity index (χ2v) is 6.07. The van der Waals surface area contributed by atoms with Crippen LogP contribution in [-0.2, 0) is 0 Å². The van der Waals surface area contributed by atoms with Gasteiger partial charge in [-0.1, -0.05) is 30.3 Å². The minimum atomic E-state index is -0.0632. The van der Waals surface area contributed by atoms with Crippen LogP contribution < -0.4 is 10.1 Å². The number of Topliss-reactive ketones (excluding diaryl/α,β-unsaturated/α-hetero) is 1. The highest BCUT2D eigenvalue weighted by molar-refractivity contribution is 6.01. The fourth-order valence-electron chi connectivity index (χ4n) is 3.41. The summed E-state index contributed by atoms with van der Waals surface area (Å²) in [4.78, 5) is 13.2. The smallest absolute Gasteiger partial charge is 0.170 e. The lowest BCUT2D eigenvalue weighted by Crippen LogP contribution is -2.33. The van der Waals surface area contributed by atoms with E-state index < -0.39 is 0 Å². The molecule has 2 aromatic rings. The maximum atomic E-state index is 13.2. The van der Waals surface area contributed by atoms with Gasteiger partial charge in [0.1, 0.15) is 5.75 Å². The quantitative estimate of drug-likeness (QED) is 0.857. The van der Waals surface area contributed by atoms with Gasteiger partial charge >= 0.3 is 0 Å². The number of ketones is 1. The molecule has 0 radical (unpaired) electrons. The van der Waals surface area contributed by atoms with E-state index in [0.717, 1.165) is 42.8 Å². The Morgan fingerprint density at radius 3 is 2.30 bits per heavy atom. The van der Waals surface area contributed by atoms with Crippen molar-refractivity contribution in [1.82, 2.24) is 5.32 Å². The summed E-state index contributed by atoms with van der Waals surface area (Å²) >= 11 is 0. The van der Waals surface area contributed by atoms with Gasteiger partial charge in [0.15, 0.2) is 5.78 Å². The SMILES string of the molecule is COc1ccc(C(=O)C(c2ccccc2)C2CCNCC2)cc1. The Morgan fingerprint density at radius 1 is 1.04 bits per heavy atom. The second-order valence-electron chi connectivity index (χ2n) is 6.07. The number of piperidine rings is 1. The number of carbonyl (C=O) groups is 1. The predicted molar refractivity (Wildman–Crippen MR) is 92.1 cm³/mol. The molecular weight excluding hydrogens is 286 g/mol. The molecular formula is C20H23NO2. The monoisotopic (exact) mass is 309 g/mol. The maximum absolute atomic E-state index is 13.2. The topological polar surface area (TPSA) is 38.3 Å². The first-order valence-electron chi connectivity index (χ1n) is 8.23. The van der Waals surface area contributed by atoms with Gasteiger partial charge in [-0.15, -0.1) is 0 Å². The minimum absolute atomic E-state index is 0.0632. The summed E-state index contributed by atoms with van der Waals surface area (Å²) in [6.45, 7) is 1.98. The van der Waals surface area contributed by atoms with E-state index in [9.17, 15) is 4.79 Å².